The smallest absolute Gasteiger partial charge is 0.243 e. The number of nitrogens with zero attached hydrogens (tertiary/aromatic N) is 2. The molecule has 2 saturated heterocycles. The lowest BCUT2D eigenvalue weighted by atomic mass is 10.1. The number of ether oxygens (including phenoxy) is 2. The number of benzene rings is 1. The third kappa shape index (κ3) is 6.81. The van der Waals surface area contributed by atoms with Gasteiger partial charge < -0.3 is 19.7 Å². The maximum atomic E-state index is 12.9. The first kappa shape index (κ1) is 24.7. The molecule has 7 nitrogen and oxygen atoms in total. The molecule has 0 aliphatic carbocycles. The molecule has 1 atom stereocenters. The summed E-state index contributed by atoms with van der Waals surface area (Å²) >= 11 is 1.58. The van der Waals surface area contributed by atoms with Gasteiger partial charge in [0.15, 0.2) is 0 Å². The molecular formula is C26H35N3O4S. The molecule has 3 heterocycles. The van der Waals surface area contributed by atoms with Gasteiger partial charge in [-0.25, -0.2) is 0 Å². The van der Waals surface area contributed by atoms with Crippen LogP contribution in [0.3, 0.4) is 0 Å². The Bertz CT molecular complexity index is 930. The number of amides is 2. The highest BCUT2D eigenvalue weighted by atomic mass is 32.1. The van der Waals surface area contributed by atoms with E-state index in [0.717, 1.165) is 55.2 Å². The van der Waals surface area contributed by atoms with Crippen LogP contribution in [0.25, 0.3) is 0 Å². The fraction of sp³-hybridized carbons (Fsp3) is 0.538. The van der Waals surface area contributed by atoms with Crippen LogP contribution in [0, 0.1) is 0 Å². The molecule has 1 unspecified atom stereocenters. The van der Waals surface area contributed by atoms with Gasteiger partial charge in [-0.2, -0.15) is 0 Å². The van der Waals surface area contributed by atoms with Crippen LogP contribution in [0.2, 0.25) is 0 Å². The quantitative estimate of drug-likeness (QED) is 0.560. The summed E-state index contributed by atoms with van der Waals surface area (Å²) in [5.41, 5.74) is 0.984. The summed E-state index contributed by atoms with van der Waals surface area (Å²) in [5, 5.41) is 4.99. The Morgan fingerprint density at radius 3 is 2.85 bits per heavy atom. The van der Waals surface area contributed by atoms with Crippen molar-refractivity contribution in [2.75, 3.05) is 40.0 Å². The number of hydrogen-bond acceptors (Lipinski definition) is 6. The third-order valence-corrected chi connectivity index (χ3v) is 7.55. The highest BCUT2D eigenvalue weighted by Gasteiger charge is 2.33. The van der Waals surface area contributed by atoms with E-state index < -0.39 is 0 Å². The minimum Gasteiger partial charge on any atom is -0.492 e. The van der Waals surface area contributed by atoms with Crippen molar-refractivity contribution in [3.05, 3.63) is 52.2 Å². The summed E-state index contributed by atoms with van der Waals surface area (Å²) < 4.78 is 11.4. The Hall–Kier alpha value is -2.42. The number of likely N-dealkylation sites (tertiary alicyclic amines) is 1. The topological polar surface area (TPSA) is 71.1 Å². The predicted octanol–water partition coefficient (Wildman–Crippen LogP) is 3.09. The van der Waals surface area contributed by atoms with Crippen LogP contribution in [0.15, 0.2) is 41.8 Å². The average molecular weight is 486 g/mol. The minimum atomic E-state index is -0.382. The van der Waals surface area contributed by atoms with E-state index >= 15 is 0 Å². The van der Waals surface area contributed by atoms with E-state index in [4.69, 9.17) is 9.47 Å². The zero-order valence-corrected chi connectivity index (χ0v) is 20.7. The number of hydrogen-bond donors (Lipinski definition) is 1. The maximum Gasteiger partial charge on any atom is 0.243 e. The fourth-order valence-electron chi connectivity index (χ4n) is 4.67. The van der Waals surface area contributed by atoms with E-state index in [1.54, 1.807) is 16.2 Å². The molecule has 8 heteroatoms. The first-order valence-corrected chi connectivity index (χ1v) is 13.1. The minimum absolute atomic E-state index is 0.0289. The lowest BCUT2D eigenvalue weighted by Gasteiger charge is -2.31. The van der Waals surface area contributed by atoms with Crippen molar-refractivity contribution in [2.45, 2.75) is 50.7 Å². The van der Waals surface area contributed by atoms with Crippen molar-refractivity contribution in [3.63, 3.8) is 0 Å². The Morgan fingerprint density at radius 1 is 1.21 bits per heavy atom. The number of nitrogens with one attached hydrogen (secondary N) is 1. The molecule has 0 saturated carbocycles. The van der Waals surface area contributed by atoms with Crippen molar-refractivity contribution in [2.24, 2.45) is 0 Å². The van der Waals surface area contributed by atoms with Crippen LogP contribution in [0.5, 0.6) is 5.75 Å². The lowest BCUT2D eigenvalue weighted by molar-refractivity contribution is -0.138. The molecule has 1 aromatic carbocycles. The normalized spacial score (nSPS) is 18.9. The van der Waals surface area contributed by atoms with Gasteiger partial charge in [0, 0.05) is 43.8 Å². The van der Waals surface area contributed by atoms with Crippen LogP contribution in [-0.4, -0.2) is 73.7 Å². The fourth-order valence-corrected chi connectivity index (χ4v) is 5.37. The summed E-state index contributed by atoms with van der Waals surface area (Å²) in [6.45, 7) is 4.22. The molecular weight excluding hydrogens is 450 g/mol. The zero-order chi connectivity index (χ0) is 23.8. The molecule has 0 radical (unpaired) electrons. The number of likely N-dealkylation sites (N-methyl/N-ethyl adjacent to an activating group) is 1. The van der Waals surface area contributed by atoms with Gasteiger partial charge in [0.25, 0.3) is 0 Å². The van der Waals surface area contributed by atoms with Gasteiger partial charge in [-0.1, -0.05) is 18.2 Å². The van der Waals surface area contributed by atoms with Crippen LogP contribution in [0.1, 0.15) is 36.1 Å². The molecule has 34 heavy (non-hydrogen) atoms. The molecule has 0 bridgehead atoms. The van der Waals surface area contributed by atoms with Crippen molar-refractivity contribution < 1.29 is 19.1 Å². The van der Waals surface area contributed by atoms with Crippen molar-refractivity contribution >= 4 is 23.2 Å². The molecule has 2 aliphatic heterocycles. The summed E-state index contributed by atoms with van der Waals surface area (Å²) in [5.74, 6) is 0.753. The highest BCUT2D eigenvalue weighted by Crippen LogP contribution is 2.21. The summed E-state index contributed by atoms with van der Waals surface area (Å²) in [4.78, 5) is 30.7. The molecule has 2 aromatic rings. The molecule has 4 rings (SSSR count). The van der Waals surface area contributed by atoms with Crippen molar-refractivity contribution in [1.29, 1.82) is 0 Å². The van der Waals surface area contributed by atoms with E-state index in [0.29, 0.717) is 38.6 Å². The first-order valence-electron chi connectivity index (χ1n) is 12.2. The molecule has 2 fully saturated rings. The second-order valence-corrected chi connectivity index (χ2v) is 10.1. The number of thiophene rings is 1. The Balaban J connectivity index is 1.22. The summed E-state index contributed by atoms with van der Waals surface area (Å²) in [6.07, 6.45) is 4.09. The van der Waals surface area contributed by atoms with E-state index in [1.165, 1.54) is 0 Å². The predicted molar refractivity (Wildman–Crippen MR) is 133 cm³/mol. The van der Waals surface area contributed by atoms with Gasteiger partial charge in [0.05, 0.1) is 6.42 Å². The van der Waals surface area contributed by atoms with Crippen LogP contribution in [0.4, 0.5) is 0 Å². The van der Waals surface area contributed by atoms with Crippen LogP contribution in [-0.2, 0) is 27.3 Å². The Kier molecular flexibility index (Phi) is 8.96. The maximum absolute atomic E-state index is 12.9. The van der Waals surface area contributed by atoms with Gasteiger partial charge >= 0.3 is 0 Å². The lowest BCUT2D eigenvalue weighted by Crippen LogP contribution is -2.46. The second kappa shape index (κ2) is 12.3. The number of carbonyl (C=O) groups excluding carboxylic acids is 2. The van der Waals surface area contributed by atoms with Gasteiger partial charge in [-0.3, -0.25) is 14.5 Å². The Labute approximate surface area is 206 Å². The average Bonchev–Trinajstić information content (AvgIpc) is 3.56. The molecule has 0 spiro atoms. The summed E-state index contributed by atoms with van der Waals surface area (Å²) in [7, 11) is 2.14. The SMILES string of the molecule is CN(CCOc1cccc(CNC(=O)C2CCCN2C(=O)Cc2cccs2)c1)C1CCOCC1. The van der Waals surface area contributed by atoms with Gasteiger partial charge in [0.1, 0.15) is 18.4 Å². The Morgan fingerprint density at radius 2 is 2.06 bits per heavy atom. The van der Waals surface area contributed by atoms with Crippen LogP contribution >= 0.6 is 11.3 Å². The van der Waals surface area contributed by atoms with Crippen molar-refractivity contribution in [3.8, 4) is 5.75 Å². The number of carbonyl (C=O) groups is 2. The second-order valence-electron chi connectivity index (χ2n) is 9.04. The van der Waals surface area contributed by atoms with Crippen LogP contribution < -0.4 is 10.1 Å². The standard InChI is InChI=1S/C26H35N3O4S/c1-28(21-9-13-32-14-10-21)12-15-33-22-6-2-5-20(17-22)19-27-26(31)24-8-3-11-29(24)25(30)18-23-7-4-16-34-23/h2,4-7,16-17,21,24H,3,8-15,18-19H2,1H3,(H,27,31). The third-order valence-electron chi connectivity index (χ3n) is 6.67. The van der Waals surface area contributed by atoms with E-state index in [1.807, 2.05) is 41.8 Å². The zero-order valence-electron chi connectivity index (χ0n) is 19.9. The highest BCUT2D eigenvalue weighted by molar-refractivity contribution is 7.10. The van der Waals surface area contributed by atoms with Gasteiger partial charge in [0.2, 0.25) is 11.8 Å². The molecule has 1 aromatic heterocycles. The monoisotopic (exact) mass is 485 g/mol. The molecule has 184 valence electrons. The van der Waals surface area contributed by atoms with Crippen molar-refractivity contribution in [1.82, 2.24) is 15.1 Å². The molecule has 1 N–H and O–H groups in total. The van der Waals surface area contributed by atoms with E-state index in [-0.39, 0.29) is 17.9 Å². The number of rotatable bonds is 10. The van der Waals surface area contributed by atoms with Gasteiger partial charge in [-0.05, 0) is 61.9 Å². The van der Waals surface area contributed by atoms with E-state index in [2.05, 4.69) is 17.3 Å². The summed E-state index contributed by atoms with van der Waals surface area (Å²) in [6, 6.07) is 11.9. The first-order chi connectivity index (χ1) is 16.6. The largest absolute Gasteiger partial charge is 0.492 e. The molecule has 2 amide bonds. The van der Waals surface area contributed by atoms with E-state index in [9.17, 15) is 9.59 Å². The molecule has 2 aliphatic rings. The van der Waals surface area contributed by atoms with Gasteiger partial charge in [-0.15, -0.1) is 11.3 Å².